The molecule has 0 unspecified atom stereocenters. The summed E-state index contributed by atoms with van der Waals surface area (Å²) in [5, 5.41) is 0. The number of ether oxygens (including phenoxy) is 3. The Morgan fingerprint density at radius 1 is 1.27 bits per heavy atom. The van der Waals surface area contributed by atoms with Gasteiger partial charge in [0.1, 0.15) is 6.10 Å². The summed E-state index contributed by atoms with van der Waals surface area (Å²) in [7, 11) is 0. The Labute approximate surface area is 164 Å². The molecule has 3 rings (SSSR count). The Bertz CT molecular complexity index is 636. The quantitative estimate of drug-likeness (QED) is 0.462. The van der Waals surface area contributed by atoms with E-state index in [-0.39, 0.29) is 17.5 Å². The van der Waals surface area contributed by atoms with E-state index in [4.69, 9.17) is 14.2 Å². The zero-order valence-electron chi connectivity index (χ0n) is 15.3. The van der Waals surface area contributed by atoms with Crippen molar-refractivity contribution in [1.29, 1.82) is 0 Å². The van der Waals surface area contributed by atoms with Crippen LogP contribution in [0.3, 0.4) is 0 Å². The van der Waals surface area contributed by atoms with Crippen LogP contribution < -0.4 is 0 Å². The number of carbonyl (C=O) groups excluding carboxylic acids is 1. The van der Waals surface area contributed by atoms with Crippen LogP contribution in [0.4, 0.5) is 0 Å². The highest BCUT2D eigenvalue weighted by molar-refractivity contribution is 9.10. The largest absolute Gasteiger partial charge is 0.458 e. The number of benzene rings is 1. The normalized spacial score (nSPS) is 25.8. The SMILES string of the molecule is C=CCC[C@]1([C@H](C)OC(=O)c2ccc(Br)cc2)CCCCC12OCCO2. The van der Waals surface area contributed by atoms with Gasteiger partial charge in [0.2, 0.25) is 0 Å². The van der Waals surface area contributed by atoms with Crippen molar-refractivity contribution in [3.63, 3.8) is 0 Å². The molecule has 0 N–H and O–H groups in total. The second kappa shape index (κ2) is 8.24. The highest BCUT2D eigenvalue weighted by Crippen LogP contribution is 2.55. The molecule has 0 bridgehead atoms. The van der Waals surface area contributed by atoms with E-state index in [1.807, 2.05) is 25.1 Å². The molecule has 1 spiro atoms. The molecule has 142 valence electrons. The van der Waals surface area contributed by atoms with Gasteiger partial charge in [-0.1, -0.05) is 28.4 Å². The van der Waals surface area contributed by atoms with E-state index < -0.39 is 5.79 Å². The van der Waals surface area contributed by atoms with Crippen molar-refractivity contribution in [3.05, 3.63) is 47.0 Å². The average Bonchev–Trinajstić information content (AvgIpc) is 3.11. The molecule has 1 heterocycles. The number of esters is 1. The van der Waals surface area contributed by atoms with Crippen LogP contribution in [-0.4, -0.2) is 31.1 Å². The van der Waals surface area contributed by atoms with Crippen molar-refractivity contribution in [2.45, 2.75) is 57.3 Å². The Kier molecular flexibility index (Phi) is 6.21. The first-order valence-electron chi connectivity index (χ1n) is 9.38. The number of hydrogen-bond donors (Lipinski definition) is 0. The number of carbonyl (C=O) groups is 1. The maximum atomic E-state index is 12.7. The zero-order valence-corrected chi connectivity index (χ0v) is 16.9. The summed E-state index contributed by atoms with van der Waals surface area (Å²) in [5.74, 6) is -0.949. The van der Waals surface area contributed by atoms with Crippen LogP contribution in [0, 0.1) is 5.41 Å². The summed E-state index contributed by atoms with van der Waals surface area (Å²) >= 11 is 3.39. The topological polar surface area (TPSA) is 44.8 Å². The highest BCUT2D eigenvalue weighted by Gasteiger charge is 2.60. The van der Waals surface area contributed by atoms with Crippen LogP contribution in [0.2, 0.25) is 0 Å². The second-order valence-corrected chi connectivity index (χ2v) is 8.11. The minimum atomic E-state index is -0.645. The van der Waals surface area contributed by atoms with Crippen molar-refractivity contribution in [2.75, 3.05) is 13.2 Å². The molecule has 1 saturated carbocycles. The lowest BCUT2D eigenvalue weighted by Gasteiger charge is -2.52. The average molecular weight is 423 g/mol. The molecule has 5 heteroatoms. The molecule has 1 aliphatic heterocycles. The summed E-state index contributed by atoms with van der Waals surface area (Å²) in [6, 6.07) is 7.24. The molecule has 1 aliphatic carbocycles. The first-order chi connectivity index (χ1) is 12.5. The zero-order chi connectivity index (χ0) is 18.6. The lowest BCUT2D eigenvalue weighted by molar-refractivity contribution is -0.282. The molecule has 0 radical (unpaired) electrons. The monoisotopic (exact) mass is 422 g/mol. The number of rotatable bonds is 6. The highest BCUT2D eigenvalue weighted by atomic mass is 79.9. The smallest absolute Gasteiger partial charge is 0.338 e. The first-order valence-corrected chi connectivity index (χ1v) is 10.2. The molecule has 26 heavy (non-hydrogen) atoms. The molecule has 4 nitrogen and oxygen atoms in total. The maximum Gasteiger partial charge on any atom is 0.338 e. The number of allylic oxidation sites excluding steroid dienone is 1. The van der Waals surface area contributed by atoms with Gasteiger partial charge in [0.15, 0.2) is 5.79 Å². The van der Waals surface area contributed by atoms with E-state index in [2.05, 4.69) is 22.5 Å². The third kappa shape index (κ3) is 3.62. The summed E-state index contributed by atoms with van der Waals surface area (Å²) in [6.07, 6.45) is 7.23. The van der Waals surface area contributed by atoms with Crippen molar-refractivity contribution < 1.29 is 19.0 Å². The fraction of sp³-hybridized carbons (Fsp3) is 0.571. The molecule has 1 saturated heterocycles. The summed E-state index contributed by atoms with van der Waals surface area (Å²) < 4.78 is 19.2. The molecular weight excluding hydrogens is 396 g/mol. The molecular formula is C21H27BrO4. The van der Waals surface area contributed by atoms with E-state index >= 15 is 0 Å². The molecule has 2 fully saturated rings. The van der Waals surface area contributed by atoms with Gasteiger partial charge in [-0.15, -0.1) is 6.58 Å². The lowest BCUT2D eigenvalue weighted by atomic mass is 9.63. The van der Waals surface area contributed by atoms with Crippen LogP contribution in [0.25, 0.3) is 0 Å². The Balaban J connectivity index is 1.85. The molecule has 0 aromatic heterocycles. The Hall–Kier alpha value is -1.17. The Morgan fingerprint density at radius 2 is 1.92 bits per heavy atom. The van der Waals surface area contributed by atoms with Gasteiger partial charge in [0.05, 0.1) is 24.2 Å². The molecule has 0 amide bonds. The van der Waals surface area contributed by atoms with Gasteiger partial charge in [0.25, 0.3) is 0 Å². The maximum absolute atomic E-state index is 12.7. The Morgan fingerprint density at radius 3 is 2.58 bits per heavy atom. The van der Waals surface area contributed by atoms with Gasteiger partial charge in [-0.25, -0.2) is 4.79 Å². The van der Waals surface area contributed by atoms with E-state index in [1.165, 1.54) is 0 Å². The van der Waals surface area contributed by atoms with Crippen LogP contribution in [0.15, 0.2) is 41.4 Å². The van der Waals surface area contributed by atoms with E-state index in [9.17, 15) is 4.79 Å². The first kappa shape index (κ1) is 19.6. The third-order valence-corrected chi connectivity index (χ3v) is 6.36. The lowest BCUT2D eigenvalue weighted by Crippen LogP contribution is -2.58. The number of halogens is 1. The van der Waals surface area contributed by atoms with Gasteiger partial charge in [-0.3, -0.25) is 0 Å². The van der Waals surface area contributed by atoms with Gasteiger partial charge >= 0.3 is 5.97 Å². The van der Waals surface area contributed by atoms with Gasteiger partial charge in [0, 0.05) is 10.9 Å². The minimum Gasteiger partial charge on any atom is -0.458 e. The summed E-state index contributed by atoms with van der Waals surface area (Å²) in [6.45, 7) is 7.06. The predicted molar refractivity (Wildman–Crippen MR) is 104 cm³/mol. The van der Waals surface area contributed by atoms with Crippen LogP contribution in [-0.2, 0) is 14.2 Å². The minimum absolute atomic E-state index is 0.304. The van der Waals surface area contributed by atoms with Crippen molar-refractivity contribution in [1.82, 2.24) is 0 Å². The van der Waals surface area contributed by atoms with E-state index in [0.717, 1.165) is 43.0 Å². The van der Waals surface area contributed by atoms with Gasteiger partial charge in [-0.05, 0) is 56.9 Å². The predicted octanol–water partition coefficient (Wildman–Crippen LogP) is 5.26. The van der Waals surface area contributed by atoms with E-state index in [1.54, 1.807) is 12.1 Å². The van der Waals surface area contributed by atoms with Crippen molar-refractivity contribution in [2.24, 2.45) is 5.41 Å². The standard InChI is InChI=1S/C21H27BrO4/c1-3-4-11-20(12-5-6-13-21(20)24-14-15-25-21)16(2)26-19(23)17-7-9-18(22)10-8-17/h3,7-10,16H,1,4-6,11-15H2,2H3/t16-,20+/m0/s1. The molecule has 2 atom stereocenters. The van der Waals surface area contributed by atoms with Crippen molar-refractivity contribution in [3.8, 4) is 0 Å². The van der Waals surface area contributed by atoms with Crippen LogP contribution in [0.5, 0.6) is 0 Å². The summed E-state index contributed by atoms with van der Waals surface area (Å²) in [5.41, 5.74) is 0.207. The molecule has 1 aromatic rings. The van der Waals surface area contributed by atoms with Gasteiger partial charge < -0.3 is 14.2 Å². The van der Waals surface area contributed by atoms with Crippen LogP contribution in [0.1, 0.15) is 55.8 Å². The number of hydrogen-bond acceptors (Lipinski definition) is 4. The third-order valence-electron chi connectivity index (χ3n) is 5.83. The molecule has 1 aromatic carbocycles. The second-order valence-electron chi connectivity index (χ2n) is 7.19. The summed E-state index contributed by atoms with van der Waals surface area (Å²) in [4.78, 5) is 12.7. The fourth-order valence-corrected chi connectivity index (χ4v) is 4.71. The van der Waals surface area contributed by atoms with Gasteiger partial charge in [-0.2, -0.15) is 0 Å². The van der Waals surface area contributed by atoms with E-state index in [0.29, 0.717) is 18.8 Å². The molecule has 2 aliphatic rings. The fourth-order valence-electron chi connectivity index (χ4n) is 4.44. The van der Waals surface area contributed by atoms with Crippen LogP contribution >= 0.6 is 15.9 Å². The van der Waals surface area contributed by atoms with Crippen molar-refractivity contribution >= 4 is 21.9 Å².